The Balaban J connectivity index is 1.26. The summed E-state index contributed by atoms with van der Waals surface area (Å²) in [4.78, 5) is 11.8. The average molecular weight is 440 g/mol. The number of benzene rings is 2. The van der Waals surface area contributed by atoms with E-state index in [1.54, 1.807) is 7.11 Å². The van der Waals surface area contributed by atoms with Crippen molar-refractivity contribution in [2.75, 3.05) is 74.7 Å². The van der Waals surface area contributed by atoms with Crippen molar-refractivity contribution in [3.63, 3.8) is 0 Å². The van der Waals surface area contributed by atoms with Gasteiger partial charge in [0.15, 0.2) is 5.96 Å². The molecule has 31 heavy (non-hydrogen) atoms. The lowest BCUT2D eigenvalue weighted by atomic mass is 10.2. The van der Waals surface area contributed by atoms with E-state index < -0.39 is 0 Å². The highest BCUT2D eigenvalue weighted by Crippen LogP contribution is 2.21. The molecule has 2 aliphatic heterocycles. The summed E-state index contributed by atoms with van der Waals surface area (Å²) in [6.07, 6.45) is 0. The molecule has 2 saturated heterocycles. The molecule has 0 spiro atoms. The fourth-order valence-electron chi connectivity index (χ4n) is 4.13. The molecular weight excluding hydrogens is 406 g/mol. The van der Waals surface area contributed by atoms with Gasteiger partial charge in [-0.25, -0.2) is 0 Å². The Labute approximate surface area is 190 Å². The Bertz CT molecular complexity index is 841. The van der Waals surface area contributed by atoms with Gasteiger partial charge in [-0.1, -0.05) is 12.1 Å². The van der Waals surface area contributed by atoms with Gasteiger partial charge in [0.1, 0.15) is 5.75 Å². The van der Waals surface area contributed by atoms with Crippen molar-refractivity contribution in [2.24, 2.45) is 4.99 Å². The van der Waals surface area contributed by atoms with E-state index in [1.807, 2.05) is 30.9 Å². The molecule has 0 atom stereocenters. The number of rotatable bonds is 5. The number of aliphatic imine (C=N–C) groups is 1. The summed E-state index contributed by atoms with van der Waals surface area (Å²) in [5.74, 6) is 4.33. The van der Waals surface area contributed by atoms with Gasteiger partial charge in [-0.3, -0.25) is 4.99 Å². The molecule has 6 nitrogen and oxygen atoms in total. The molecule has 4 rings (SSSR count). The van der Waals surface area contributed by atoms with Gasteiger partial charge in [-0.05, 0) is 42.0 Å². The van der Waals surface area contributed by atoms with Gasteiger partial charge in [0.05, 0.1) is 7.11 Å². The molecule has 1 N–H and O–H groups in total. The van der Waals surface area contributed by atoms with Gasteiger partial charge in [0.25, 0.3) is 0 Å². The van der Waals surface area contributed by atoms with Gasteiger partial charge in [0.2, 0.25) is 0 Å². The highest BCUT2D eigenvalue weighted by molar-refractivity contribution is 7.99. The molecule has 0 amide bonds. The lowest BCUT2D eigenvalue weighted by Gasteiger charge is -2.37. The Morgan fingerprint density at radius 3 is 2.03 bits per heavy atom. The highest BCUT2D eigenvalue weighted by atomic mass is 32.2. The normalized spacial score (nSPS) is 17.6. The number of ether oxygens (including phenoxy) is 1. The maximum Gasteiger partial charge on any atom is 0.194 e. The minimum Gasteiger partial charge on any atom is -0.497 e. The van der Waals surface area contributed by atoms with E-state index in [9.17, 15) is 0 Å². The molecule has 0 unspecified atom stereocenters. The molecule has 2 aromatic rings. The fourth-order valence-corrected chi connectivity index (χ4v) is 5.03. The zero-order valence-electron chi connectivity index (χ0n) is 18.6. The molecule has 0 aromatic heterocycles. The van der Waals surface area contributed by atoms with E-state index in [4.69, 9.17) is 4.74 Å². The maximum atomic E-state index is 5.27. The van der Waals surface area contributed by atoms with Gasteiger partial charge >= 0.3 is 0 Å². The molecule has 0 radical (unpaired) electrons. The largest absolute Gasteiger partial charge is 0.497 e. The SMILES string of the molecule is CN=C(NCc1ccc(N2CCSCC2)cc1)N1CCN(c2ccc(OC)cc2)CC1. The number of nitrogens with zero attached hydrogens (tertiary/aromatic N) is 4. The summed E-state index contributed by atoms with van der Waals surface area (Å²) >= 11 is 2.05. The summed E-state index contributed by atoms with van der Waals surface area (Å²) < 4.78 is 5.27. The summed E-state index contributed by atoms with van der Waals surface area (Å²) in [6.45, 7) is 6.97. The smallest absolute Gasteiger partial charge is 0.194 e. The van der Waals surface area contributed by atoms with Crippen molar-refractivity contribution >= 4 is 29.1 Å². The molecule has 2 aliphatic rings. The first-order valence-electron chi connectivity index (χ1n) is 11.0. The summed E-state index contributed by atoms with van der Waals surface area (Å²) in [7, 11) is 3.57. The van der Waals surface area contributed by atoms with Crippen molar-refractivity contribution in [1.29, 1.82) is 0 Å². The van der Waals surface area contributed by atoms with Crippen LogP contribution in [0.2, 0.25) is 0 Å². The first-order chi connectivity index (χ1) is 15.3. The first kappa shape index (κ1) is 21.7. The Hall–Kier alpha value is -2.54. The summed E-state index contributed by atoms with van der Waals surface area (Å²) in [6, 6.07) is 17.3. The second kappa shape index (κ2) is 10.7. The quantitative estimate of drug-likeness (QED) is 0.570. The minimum absolute atomic E-state index is 0.793. The van der Waals surface area contributed by atoms with Crippen LogP contribution >= 0.6 is 11.8 Å². The number of hydrogen-bond acceptors (Lipinski definition) is 5. The van der Waals surface area contributed by atoms with E-state index in [1.165, 1.54) is 28.4 Å². The number of piperazine rings is 1. The second-order valence-electron chi connectivity index (χ2n) is 7.84. The van der Waals surface area contributed by atoms with Crippen molar-refractivity contribution in [3.8, 4) is 5.75 Å². The van der Waals surface area contributed by atoms with Crippen LogP contribution in [0.4, 0.5) is 11.4 Å². The van der Waals surface area contributed by atoms with Gasteiger partial charge < -0.3 is 24.8 Å². The van der Waals surface area contributed by atoms with Crippen LogP contribution in [0.25, 0.3) is 0 Å². The maximum absolute atomic E-state index is 5.27. The third-order valence-corrected chi connectivity index (χ3v) is 6.93. The molecule has 0 bridgehead atoms. The number of methoxy groups -OCH3 is 1. The molecule has 2 aromatic carbocycles. The van der Waals surface area contributed by atoms with E-state index in [2.05, 4.69) is 61.4 Å². The average Bonchev–Trinajstić information content (AvgIpc) is 2.86. The van der Waals surface area contributed by atoms with Crippen LogP contribution < -0.4 is 19.9 Å². The topological polar surface area (TPSA) is 43.3 Å². The van der Waals surface area contributed by atoms with Crippen molar-refractivity contribution in [2.45, 2.75) is 6.54 Å². The van der Waals surface area contributed by atoms with Gasteiger partial charge in [0, 0.05) is 75.7 Å². The molecule has 2 heterocycles. The lowest BCUT2D eigenvalue weighted by Crippen LogP contribution is -2.52. The van der Waals surface area contributed by atoms with E-state index >= 15 is 0 Å². The van der Waals surface area contributed by atoms with E-state index in [0.717, 1.165) is 57.5 Å². The van der Waals surface area contributed by atoms with Crippen LogP contribution in [0.15, 0.2) is 53.5 Å². The zero-order valence-corrected chi connectivity index (χ0v) is 19.4. The van der Waals surface area contributed by atoms with Gasteiger partial charge in [-0.15, -0.1) is 0 Å². The van der Waals surface area contributed by atoms with Crippen LogP contribution in [-0.2, 0) is 6.54 Å². The van der Waals surface area contributed by atoms with Gasteiger partial charge in [-0.2, -0.15) is 11.8 Å². The molecule has 0 saturated carbocycles. The minimum atomic E-state index is 0.793. The third kappa shape index (κ3) is 5.58. The number of anilines is 2. The number of hydrogen-bond donors (Lipinski definition) is 1. The summed E-state index contributed by atoms with van der Waals surface area (Å²) in [5, 5.41) is 3.55. The predicted octanol–water partition coefficient (Wildman–Crippen LogP) is 3.15. The third-order valence-electron chi connectivity index (χ3n) is 5.99. The second-order valence-corrected chi connectivity index (χ2v) is 9.06. The van der Waals surface area contributed by atoms with Crippen molar-refractivity contribution in [1.82, 2.24) is 10.2 Å². The number of guanidine groups is 1. The zero-order chi connectivity index (χ0) is 21.5. The Kier molecular flexibility index (Phi) is 7.46. The van der Waals surface area contributed by atoms with Crippen LogP contribution in [-0.4, -0.2) is 75.8 Å². The molecule has 2 fully saturated rings. The van der Waals surface area contributed by atoms with E-state index in [-0.39, 0.29) is 0 Å². The molecule has 7 heteroatoms. The van der Waals surface area contributed by atoms with Crippen molar-refractivity contribution < 1.29 is 4.74 Å². The monoisotopic (exact) mass is 439 g/mol. The first-order valence-corrected chi connectivity index (χ1v) is 12.2. The Morgan fingerprint density at radius 2 is 1.45 bits per heavy atom. The standard InChI is InChI=1S/C24H33N5OS/c1-25-24(26-19-20-3-5-21(6-4-20)28-15-17-31-18-16-28)29-13-11-27(12-14-29)22-7-9-23(30-2)10-8-22/h3-10H,11-19H2,1-2H3,(H,25,26). The molecule has 166 valence electrons. The highest BCUT2D eigenvalue weighted by Gasteiger charge is 2.20. The van der Waals surface area contributed by atoms with Crippen LogP contribution in [0.5, 0.6) is 5.75 Å². The number of nitrogens with one attached hydrogen (secondary N) is 1. The van der Waals surface area contributed by atoms with E-state index in [0.29, 0.717) is 0 Å². The Morgan fingerprint density at radius 1 is 0.871 bits per heavy atom. The predicted molar refractivity (Wildman–Crippen MR) is 133 cm³/mol. The number of thioether (sulfide) groups is 1. The molecule has 0 aliphatic carbocycles. The lowest BCUT2D eigenvalue weighted by molar-refractivity contribution is 0.372. The van der Waals surface area contributed by atoms with Crippen molar-refractivity contribution in [3.05, 3.63) is 54.1 Å². The molecular formula is C24H33N5OS. The summed E-state index contributed by atoms with van der Waals surface area (Å²) in [5.41, 5.74) is 3.87. The fraction of sp³-hybridized carbons (Fsp3) is 0.458. The van der Waals surface area contributed by atoms with Crippen LogP contribution in [0.1, 0.15) is 5.56 Å². The van der Waals surface area contributed by atoms with Crippen LogP contribution in [0.3, 0.4) is 0 Å². The van der Waals surface area contributed by atoms with Crippen LogP contribution in [0, 0.1) is 0 Å².